The van der Waals surface area contributed by atoms with E-state index < -0.39 is 11.4 Å². The van der Waals surface area contributed by atoms with Crippen LogP contribution in [0.1, 0.15) is 145 Å². The molecule has 0 fully saturated rings. The Morgan fingerprint density at radius 1 is 0.683 bits per heavy atom. The molecule has 0 saturated carbocycles. The minimum atomic E-state index is -0.556. The maximum absolute atomic E-state index is 13.9. The number of ether oxygens (including phenoxy) is 2. The molecule has 0 saturated heterocycles. The molecule has 4 aromatic carbocycles. The van der Waals surface area contributed by atoms with Gasteiger partial charge in [-0.3, -0.25) is 4.79 Å². The van der Waals surface area contributed by atoms with E-state index in [1.165, 1.54) is 22.3 Å². The van der Waals surface area contributed by atoms with Crippen LogP contribution >= 0.6 is 0 Å². The van der Waals surface area contributed by atoms with E-state index in [0.29, 0.717) is 53.4 Å². The molecule has 0 unspecified atom stereocenters. The number of carbonyl (C=O) groups excluding carboxylic acids is 2. The molecule has 0 bridgehead atoms. The summed E-state index contributed by atoms with van der Waals surface area (Å²) in [5.74, 6) is 1.19. The molecule has 0 radical (unpaired) electrons. The van der Waals surface area contributed by atoms with Crippen LogP contribution in [0.3, 0.4) is 0 Å². The smallest absolute Gasteiger partial charge is 0.338 e. The number of fused-ring (bicyclic) bond motifs is 2. The average molecular weight is 807 g/mol. The predicted molar refractivity (Wildman–Crippen MR) is 246 cm³/mol. The molecule has 0 spiro atoms. The molecule has 1 aliphatic heterocycles. The molecular formula is C53H62N2O5. The van der Waals surface area contributed by atoms with E-state index in [9.17, 15) is 9.59 Å². The molecule has 1 aliphatic carbocycles. The molecule has 314 valence electrons. The Morgan fingerprint density at radius 3 is 1.90 bits per heavy atom. The van der Waals surface area contributed by atoms with E-state index in [2.05, 4.69) is 115 Å². The Labute approximate surface area is 356 Å². The van der Waals surface area contributed by atoms with Crippen molar-refractivity contribution in [3.05, 3.63) is 130 Å². The van der Waals surface area contributed by atoms with E-state index in [1.807, 2.05) is 57.2 Å². The zero-order valence-corrected chi connectivity index (χ0v) is 37.4. The number of para-hydroxylation sites is 2. The van der Waals surface area contributed by atoms with Crippen LogP contribution in [0.4, 0.5) is 17.1 Å². The second-order valence-electron chi connectivity index (χ2n) is 17.7. The summed E-state index contributed by atoms with van der Waals surface area (Å²) < 4.78 is 18.2. The Morgan fingerprint density at radius 2 is 1.28 bits per heavy atom. The highest BCUT2D eigenvalue weighted by Crippen LogP contribution is 2.43. The minimum absolute atomic E-state index is 0.116. The van der Waals surface area contributed by atoms with Crippen molar-refractivity contribution in [2.45, 2.75) is 113 Å². The number of anilines is 2. The maximum atomic E-state index is 13.9. The Bertz CT molecular complexity index is 2470. The van der Waals surface area contributed by atoms with Gasteiger partial charge in [-0.2, -0.15) is 0 Å². The van der Waals surface area contributed by atoms with Gasteiger partial charge < -0.3 is 19.2 Å². The summed E-state index contributed by atoms with van der Waals surface area (Å²) in [7, 11) is 0. The molecular weight excluding hydrogens is 745 g/mol. The summed E-state index contributed by atoms with van der Waals surface area (Å²) in [4.78, 5) is 31.7. The molecule has 4 aromatic rings. The number of hydrogen-bond donors (Lipinski definition) is 1. The lowest BCUT2D eigenvalue weighted by Crippen LogP contribution is -2.26. The number of carbonyl (C=O) groups is 2. The first-order chi connectivity index (χ1) is 28.6. The van der Waals surface area contributed by atoms with Gasteiger partial charge in [-0.05, 0) is 102 Å². The second-order valence-corrected chi connectivity index (χ2v) is 17.7. The highest BCUT2D eigenvalue weighted by Gasteiger charge is 2.27. The van der Waals surface area contributed by atoms with Crippen LogP contribution in [0.15, 0.2) is 106 Å². The topological polar surface area (TPSA) is 90.1 Å². The molecule has 0 aromatic heterocycles. The van der Waals surface area contributed by atoms with Gasteiger partial charge in [-0.15, -0.1) is 0 Å². The maximum Gasteiger partial charge on any atom is 0.338 e. The van der Waals surface area contributed by atoms with Crippen molar-refractivity contribution < 1.29 is 23.5 Å². The lowest BCUT2D eigenvalue weighted by molar-refractivity contribution is -0.154. The van der Waals surface area contributed by atoms with Crippen LogP contribution in [-0.2, 0) is 14.3 Å². The minimum Gasteiger partial charge on any atom is -0.465 e. The average Bonchev–Trinajstić information content (AvgIpc) is 3.22. The fourth-order valence-corrected chi connectivity index (χ4v) is 7.61. The van der Waals surface area contributed by atoms with Gasteiger partial charge in [0, 0.05) is 46.4 Å². The Balaban J connectivity index is 1.48. The number of hydrogen-bond acceptors (Lipinski definition) is 7. The van der Waals surface area contributed by atoms with Crippen LogP contribution in [0.25, 0.3) is 33.4 Å². The highest BCUT2D eigenvalue weighted by molar-refractivity contribution is 6.08. The van der Waals surface area contributed by atoms with Gasteiger partial charge in [0.1, 0.15) is 11.3 Å². The van der Waals surface area contributed by atoms with Crippen LogP contribution < -0.4 is 10.7 Å². The lowest BCUT2D eigenvalue weighted by Gasteiger charge is -2.22. The van der Waals surface area contributed by atoms with Gasteiger partial charge in [0.25, 0.3) is 0 Å². The van der Waals surface area contributed by atoms with Crippen LogP contribution in [0.2, 0.25) is 0 Å². The molecule has 6 rings (SSSR count). The van der Waals surface area contributed by atoms with Gasteiger partial charge >= 0.3 is 11.9 Å². The predicted octanol–water partition coefficient (Wildman–Crippen LogP) is 14.2. The zero-order chi connectivity index (χ0) is 43.3. The molecule has 60 heavy (non-hydrogen) atoms. The van der Waals surface area contributed by atoms with E-state index >= 15 is 0 Å². The van der Waals surface area contributed by atoms with Crippen molar-refractivity contribution in [1.29, 1.82) is 0 Å². The fourth-order valence-electron chi connectivity index (χ4n) is 7.61. The SMILES string of the molecule is CCC(C)(C)C(=O)OCCCOC(=O)c1ccccc1-c1c2cc/c(=N\c3c(C(C)C)cccc3C(C)C)cc-2oc2cc(Nc3c(C(C)C)cccc3C(C)C)ccc12. The van der Waals surface area contributed by atoms with Crippen LogP contribution in [0, 0.1) is 5.41 Å². The van der Waals surface area contributed by atoms with Gasteiger partial charge in [0.05, 0.1) is 35.2 Å². The van der Waals surface area contributed by atoms with Crippen molar-refractivity contribution in [2.24, 2.45) is 10.4 Å². The third-order valence-electron chi connectivity index (χ3n) is 11.5. The highest BCUT2D eigenvalue weighted by atomic mass is 16.5. The van der Waals surface area contributed by atoms with E-state index in [0.717, 1.165) is 44.5 Å². The summed E-state index contributed by atoms with van der Waals surface area (Å²) >= 11 is 0. The number of benzene rings is 5. The fraction of sp³-hybridized carbons (Fsp3) is 0.377. The largest absolute Gasteiger partial charge is 0.465 e. The second kappa shape index (κ2) is 18.7. The summed E-state index contributed by atoms with van der Waals surface area (Å²) in [5.41, 5.74) is 10.9. The molecule has 7 heteroatoms. The molecule has 1 N–H and O–H groups in total. The summed E-state index contributed by atoms with van der Waals surface area (Å²) in [6.07, 6.45) is 1.08. The van der Waals surface area contributed by atoms with E-state index in [4.69, 9.17) is 18.9 Å². The molecule has 7 nitrogen and oxygen atoms in total. The molecule has 2 aliphatic rings. The molecule has 1 heterocycles. The number of nitrogens with one attached hydrogen (secondary N) is 1. The Kier molecular flexibility index (Phi) is 13.7. The summed E-state index contributed by atoms with van der Waals surface area (Å²) in [6.45, 7) is 23.7. The summed E-state index contributed by atoms with van der Waals surface area (Å²) in [5, 5.41) is 5.42. The van der Waals surface area contributed by atoms with Gasteiger partial charge in [0.15, 0.2) is 0 Å². The Hall–Kier alpha value is -5.69. The van der Waals surface area contributed by atoms with Crippen LogP contribution in [0.5, 0.6) is 0 Å². The van der Waals surface area contributed by atoms with Crippen molar-refractivity contribution in [2.75, 3.05) is 18.5 Å². The van der Waals surface area contributed by atoms with Crippen molar-refractivity contribution in [1.82, 2.24) is 0 Å². The normalized spacial score (nSPS) is 12.3. The van der Waals surface area contributed by atoms with Crippen molar-refractivity contribution >= 4 is 40.0 Å². The van der Waals surface area contributed by atoms with Gasteiger partial charge in [0.2, 0.25) is 0 Å². The van der Waals surface area contributed by atoms with Crippen LogP contribution in [-0.4, -0.2) is 25.2 Å². The van der Waals surface area contributed by atoms with Crippen molar-refractivity contribution in [3.8, 4) is 22.5 Å². The van der Waals surface area contributed by atoms with E-state index in [1.54, 1.807) is 6.07 Å². The number of rotatable bonds is 15. The van der Waals surface area contributed by atoms with Gasteiger partial charge in [-0.25, -0.2) is 9.79 Å². The molecule has 0 amide bonds. The van der Waals surface area contributed by atoms with Crippen molar-refractivity contribution in [3.63, 3.8) is 0 Å². The number of esters is 2. The third-order valence-corrected chi connectivity index (χ3v) is 11.5. The van der Waals surface area contributed by atoms with Gasteiger partial charge in [-0.1, -0.05) is 117 Å². The van der Waals surface area contributed by atoms with E-state index in [-0.39, 0.29) is 19.2 Å². The third kappa shape index (κ3) is 9.51. The molecule has 0 atom stereocenters. The lowest BCUT2D eigenvalue weighted by atomic mass is 9.90. The summed E-state index contributed by atoms with van der Waals surface area (Å²) in [6, 6.07) is 32.8. The quantitative estimate of drug-likeness (QED) is 0.0631. The standard InChI is InChI=1S/C53H62N2O5/c1-12-53(10,11)52(57)59-29-17-28-58-51(56)43-19-14-13-18-42(43)48-44-26-24-36(54-49-38(32(2)3)20-15-21-39(49)33(4)5)30-46(44)60-47-31-37(25-27-45(47)48)55-50-40(34(6)7)22-16-23-41(50)35(8)9/h13-16,18-27,30-35,54H,12,17,28-29H2,1-11H3/b55-37+. The first-order valence-electron chi connectivity index (χ1n) is 21.6. The monoisotopic (exact) mass is 806 g/mol. The number of nitrogens with zero attached hydrogens (tertiary/aromatic N) is 1. The zero-order valence-electron chi connectivity index (χ0n) is 37.4. The first-order valence-corrected chi connectivity index (χ1v) is 21.6. The first kappa shape index (κ1) is 43.9.